The maximum atomic E-state index is 10.2. The zero-order chi connectivity index (χ0) is 23.7. The van der Waals surface area contributed by atoms with Crippen molar-refractivity contribution in [3.05, 3.63) is 59.3 Å². The van der Waals surface area contributed by atoms with Crippen molar-refractivity contribution in [3.8, 4) is 0 Å². The fourth-order valence-electron chi connectivity index (χ4n) is 6.34. The Morgan fingerprint density at radius 2 is 1.91 bits per heavy atom. The standard InChI is InChI=1S/C29H44O3/c1-20-22(18-23(30)19-25(20)31)14-13-21-10-8-17-29(6)24(21)11-7-12-26(29)27(2,3)15-9-16-28(4,5)32/h9,12-14,16,23-25,30-32H,1,7-8,10-11,15,17-19H2,2-6H3/b16-9+,21-13+,22-14-/t23-,24?,25+,29+/m1/s1. The number of hydrogen-bond donors (Lipinski definition) is 3. The first-order valence-corrected chi connectivity index (χ1v) is 12.4. The zero-order valence-corrected chi connectivity index (χ0v) is 20.8. The molecule has 0 saturated heterocycles. The average molecular weight is 441 g/mol. The third kappa shape index (κ3) is 5.55. The van der Waals surface area contributed by atoms with E-state index in [-0.39, 0.29) is 10.8 Å². The van der Waals surface area contributed by atoms with E-state index >= 15 is 0 Å². The lowest BCUT2D eigenvalue weighted by Gasteiger charge is -2.52. The van der Waals surface area contributed by atoms with Gasteiger partial charge in [0.25, 0.3) is 0 Å². The van der Waals surface area contributed by atoms with Gasteiger partial charge in [0, 0.05) is 6.42 Å². The predicted molar refractivity (Wildman–Crippen MR) is 133 cm³/mol. The minimum Gasteiger partial charge on any atom is -0.393 e. The number of allylic oxidation sites excluding steroid dienone is 6. The molecule has 3 N–H and O–H groups in total. The van der Waals surface area contributed by atoms with Crippen molar-refractivity contribution < 1.29 is 15.3 Å². The van der Waals surface area contributed by atoms with Gasteiger partial charge in [0.2, 0.25) is 0 Å². The van der Waals surface area contributed by atoms with Crippen molar-refractivity contribution in [2.75, 3.05) is 0 Å². The molecule has 0 radical (unpaired) electrons. The molecule has 1 unspecified atom stereocenters. The summed E-state index contributed by atoms with van der Waals surface area (Å²) >= 11 is 0. The smallest absolute Gasteiger partial charge is 0.0811 e. The lowest BCUT2D eigenvalue weighted by Crippen LogP contribution is -2.41. The van der Waals surface area contributed by atoms with Gasteiger partial charge >= 0.3 is 0 Å². The van der Waals surface area contributed by atoms with Crippen LogP contribution in [0.5, 0.6) is 0 Å². The largest absolute Gasteiger partial charge is 0.393 e. The molecule has 0 spiro atoms. The molecule has 0 aromatic rings. The first-order chi connectivity index (χ1) is 14.8. The third-order valence-corrected chi connectivity index (χ3v) is 7.94. The molecule has 3 aliphatic carbocycles. The number of fused-ring (bicyclic) bond motifs is 1. The van der Waals surface area contributed by atoms with Gasteiger partial charge in [-0.05, 0) is 86.7 Å². The average Bonchev–Trinajstić information content (AvgIpc) is 2.67. The minimum absolute atomic E-state index is 0.0436. The summed E-state index contributed by atoms with van der Waals surface area (Å²) in [6, 6.07) is 0. The molecule has 3 nitrogen and oxygen atoms in total. The van der Waals surface area contributed by atoms with Crippen molar-refractivity contribution in [2.45, 2.75) is 104 Å². The van der Waals surface area contributed by atoms with Crippen molar-refractivity contribution in [2.24, 2.45) is 16.7 Å². The van der Waals surface area contributed by atoms with E-state index in [2.05, 4.69) is 51.7 Å². The number of rotatable bonds is 5. The molecule has 3 rings (SSSR count). The highest BCUT2D eigenvalue weighted by molar-refractivity contribution is 5.40. The zero-order valence-electron chi connectivity index (χ0n) is 20.8. The minimum atomic E-state index is -0.776. The fourth-order valence-corrected chi connectivity index (χ4v) is 6.34. The number of hydrogen-bond acceptors (Lipinski definition) is 3. The first kappa shape index (κ1) is 25.2. The quantitative estimate of drug-likeness (QED) is 0.447. The third-order valence-electron chi connectivity index (χ3n) is 7.94. The second kappa shape index (κ2) is 9.44. The van der Waals surface area contributed by atoms with Gasteiger partial charge in [-0.3, -0.25) is 0 Å². The van der Waals surface area contributed by atoms with Gasteiger partial charge in [-0.2, -0.15) is 0 Å². The summed E-state index contributed by atoms with van der Waals surface area (Å²) in [4.78, 5) is 0. The molecule has 0 bridgehead atoms. The molecular weight excluding hydrogens is 396 g/mol. The summed E-state index contributed by atoms with van der Waals surface area (Å²) < 4.78 is 0. The Balaban J connectivity index is 1.85. The fraction of sp³-hybridized carbons (Fsp3) is 0.655. The van der Waals surface area contributed by atoms with Crippen LogP contribution in [0.4, 0.5) is 0 Å². The lowest BCUT2D eigenvalue weighted by atomic mass is 9.53. The monoisotopic (exact) mass is 440 g/mol. The highest BCUT2D eigenvalue weighted by atomic mass is 16.3. The van der Waals surface area contributed by atoms with Crippen LogP contribution in [-0.2, 0) is 0 Å². The lowest BCUT2D eigenvalue weighted by molar-refractivity contribution is 0.0862. The van der Waals surface area contributed by atoms with Crippen LogP contribution in [0, 0.1) is 16.7 Å². The van der Waals surface area contributed by atoms with Crippen LogP contribution in [0.25, 0.3) is 0 Å². The van der Waals surface area contributed by atoms with Crippen LogP contribution in [0.3, 0.4) is 0 Å². The van der Waals surface area contributed by atoms with Crippen LogP contribution in [-0.4, -0.2) is 33.1 Å². The molecule has 0 heterocycles. The van der Waals surface area contributed by atoms with E-state index in [0.717, 1.165) is 30.4 Å². The van der Waals surface area contributed by atoms with E-state index in [9.17, 15) is 15.3 Å². The summed E-state index contributed by atoms with van der Waals surface area (Å²) in [5, 5.41) is 30.3. The van der Waals surface area contributed by atoms with Gasteiger partial charge in [-0.15, -0.1) is 0 Å². The molecule has 2 saturated carbocycles. The van der Waals surface area contributed by atoms with E-state index in [4.69, 9.17) is 0 Å². The normalized spacial score (nSPS) is 34.8. The van der Waals surface area contributed by atoms with Crippen molar-refractivity contribution in [3.63, 3.8) is 0 Å². The summed E-state index contributed by atoms with van der Waals surface area (Å²) in [5.74, 6) is 0.525. The summed E-state index contributed by atoms with van der Waals surface area (Å²) in [5.41, 5.74) is 4.23. The Morgan fingerprint density at radius 3 is 2.59 bits per heavy atom. The van der Waals surface area contributed by atoms with Crippen molar-refractivity contribution in [1.29, 1.82) is 0 Å². The van der Waals surface area contributed by atoms with Gasteiger partial charge in [-0.25, -0.2) is 0 Å². The molecule has 0 aliphatic heterocycles. The molecule has 32 heavy (non-hydrogen) atoms. The highest BCUT2D eigenvalue weighted by Gasteiger charge is 2.47. The molecule has 0 amide bonds. The SMILES string of the molecule is C=C1/C(=C\C=C2/CCC[C@]3(C)C(C(C)(C)C/C=C/C(C)(C)O)=CCCC23)C[C@@H](O)C[C@@H]1O. The van der Waals surface area contributed by atoms with Gasteiger partial charge in [0.15, 0.2) is 0 Å². The van der Waals surface area contributed by atoms with Crippen LogP contribution >= 0.6 is 0 Å². The van der Waals surface area contributed by atoms with E-state index in [1.807, 2.05) is 19.9 Å². The Labute approximate surface area is 195 Å². The molecule has 4 atom stereocenters. The van der Waals surface area contributed by atoms with Crippen LogP contribution in [0.15, 0.2) is 59.3 Å². The first-order valence-electron chi connectivity index (χ1n) is 12.4. The Morgan fingerprint density at radius 1 is 1.19 bits per heavy atom. The Bertz CT molecular complexity index is 833. The highest BCUT2D eigenvalue weighted by Crippen LogP contribution is 2.58. The van der Waals surface area contributed by atoms with Gasteiger partial charge in [-0.1, -0.05) is 68.9 Å². The summed E-state index contributed by atoms with van der Waals surface area (Å²) in [6.07, 6.45) is 17.5. The Kier molecular flexibility index (Phi) is 7.44. The summed E-state index contributed by atoms with van der Waals surface area (Å²) in [7, 11) is 0. The predicted octanol–water partition coefficient (Wildman–Crippen LogP) is 6.18. The summed E-state index contributed by atoms with van der Waals surface area (Å²) in [6.45, 7) is 14.8. The topological polar surface area (TPSA) is 60.7 Å². The van der Waals surface area contributed by atoms with Crippen LogP contribution in [0.1, 0.15) is 86.0 Å². The van der Waals surface area contributed by atoms with Crippen molar-refractivity contribution in [1.82, 2.24) is 0 Å². The van der Waals surface area contributed by atoms with E-state index in [1.54, 1.807) is 5.57 Å². The van der Waals surface area contributed by atoms with Crippen LogP contribution in [0.2, 0.25) is 0 Å². The Hall–Kier alpha value is -1.42. The van der Waals surface area contributed by atoms with Gasteiger partial charge < -0.3 is 15.3 Å². The van der Waals surface area contributed by atoms with Crippen molar-refractivity contribution >= 4 is 0 Å². The second-order valence-corrected chi connectivity index (χ2v) is 11.7. The molecule has 0 aromatic heterocycles. The molecular formula is C29H44O3. The van der Waals surface area contributed by atoms with E-state index in [0.29, 0.717) is 18.8 Å². The van der Waals surface area contributed by atoms with E-state index < -0.39 is 17.8 Å². The van der Waals surface area contributed by atoms with Crippen LogP contribution < -0.4 is 0 Å². The molecule has 3 aliphatic rings. The molecule has 3 heteroatoms. The molecule has 2 fully saturated rings. The number of aliphatic hydroxyl groups excluding tert-OH is 2. The molecule has 178 valence electrons. The maximum Gasteiger partial charge on any atom is 0.0811 e. The van der Waals surface area contributed by atoms with Gasteiger partial charge in [0.1, 0.15) is 0 Å². The molecule has 0 aromatic carbocycles. The maximum absolute atomic E-state index is 10.2. The van der Waals surface area contributed by atoms with Gasteiger partial charge in [0.05, 0.1) is 17.8 Å². The number of aliphatic hydroxyl groups is 3. The second-order valence-electron chi connectivity index (χ2n) is 11.7. The van der Waals surface area contributed by atoms with E-state index in [1.165, 1.54) is 24.8 Å².